The molecule has 0 rings (SSSR count). The summed E-state index contributed by atoms with van der Waals surface area (Å²) in [5, 5.41) is 3.26. The van der Waals surface area contributed by atoms with E-state index in [-0.39, 0.29) is 24.0 Å². The highest BCUT2D eigenvalue weighted by molar-refractivity contribution is 14.0. The van der Waals surface area contributed by atoms with Crippen molar-refractivity contribution in [3.05, 3.63) is 12.7 Å². The van der Waals surface area contributed by atoms with Crippen molar-refractivity contribution < 1.29 is 9.47 Å². The number of guanidine groups is 1. The van der Waals surface area contributed by atoms with E-state index in [1.165, 1.54) is 0 Å². The number of halogens is 1. The molecule has 0 aromatic rings. The van der Waals surface area contributed by atoms with Crippen LogP contribution in [-0.2, 0) is 9.47 Å². The van der Waals surface area contributed by atoms with Crippen LogP contribution in [0, 0.1) is 0 Å². The first-order valence-corrected chi connectivity index (χ1v) is 6.35. The number of unbranched alkanes of at least 4 members (excludes halogenated alkanes) is 1. The third-order valence-electron chi connectivity index (χ3n) is 2.44. The van der Waals surface area contributed by atoms with E-state index >= 15 is 0 Å². The maximum atomic E-state index is 5.37. The molecule has 0 amide bonds. The van der Waals surface area contributed by atoms with Gasteiger partial charge in [0, 0.05) is 34.3 Å². The molecule has 114 valence electrons. The largest absolute Gasteiger partial charge is 0.382 e. The van der Waals surface area contributed by atoms with Crippen molar-refractivity contribution in [1.29, 1.82) is 0 Å². The lowest BCUT2D eigenvalue weighted by molar-refractivity contribution is 0.0731. The predicted molar refractivity (Wildman–Crippen MR) is 91.5 cm³/mol. The van der Waals surface area contributed by atoms with E-state index in [0.717, 1.165) is 31.9 Å². The van der Waals surface area contributed by atoms with Crippen molar-refractivity contribution in [1.82, 2.24) is 10.2 Å². The number of hydrogen-bond donors (Lipinski definition) is 1. The molecule has 0 spiro atoms. The molecule has 0 bridgehead atoms. The van der Waals surface area contributed by atoms with Gasteiger partial charge in [-0.3, -0.25) is 4.99 Å². The molecule has 0 fully saturated rings. The number of methoxy groups -OCH3 is 1. The Kier molecular flexibility index (Phi) is 17.3. The summed E-state index contributed by atoms with van der Waals surface area (Å²) < 4.78 is 10.3. The maximum absolute atomic E-state index is 5.37. The van der Waals surface area contributed by atoms with Gasteiger partial charge in [-0.2, -0.15) is 0 Å². The molecule has 0 aliphatic heterocycles. The summed E-state index contributed by atoms with van der Waals surface area (Å²) in [4.78, 5) is 6.34. The third-order valence-corrected chi connectivity index (χ3v) is 2.44. The van der Waals surface area contributed by atoms with Crippen LogP contribution in [0.2, 0.25) is 0 Å². The van der Waals surface area contributed by atoms with Crippen molar-refractivity contribution >= 4 is 29.9 Å². The lowest BCUT2D eigenvalue weighted by Crippen LogP contribution is -2.40. The highest BCUT2D eigenvalue weighted by Gasteiger charge is 2.03. The monoisotopic (exact) mass is 385 g/mol. The second kappa shape index (κ2) is 15.7. The van der Waals surface area contributed by atoms with Gasteiger partial charge in [0.2, 0.25) is 0 Å². The van der Waals surface area contributed by atoms with Crippen molar-refractivity contribution in [2.24, 2.45) is 4.99 Å². The lowest BCUT2D eigenvalue weighted by Gasteiger charge is -2.21. The summed E-state index contributed by atoms with van der Waals surface area (Å²) >= 11 is 0. The standard InChI is InChI=1S/C13H27N3O2.HI/c1-5-6-7-9-16(3)13(14-2)15-8-10-18-12-11-17-4;/h5H,1,6-12H2,2-4H3,(H,14,15);1H. The van der Waals surface area contributed by atoms with Crippen LogP contribution in [-0.4, -0.2) is 65.0 Å². The van der Waals surface area contributed by atoms with Crippen LogP contribution in [0.5, 0.6) is 0 Å². The number of nitrogens with zero attached hydrogens (tertiary/aromatic N) is 2. The first-order chi connectivity index (χ1) is 8.76. The minimum atomic E-state index is 0. The molecule has 5 nitrogen and oxygen atoms in total. The van der Waals surface area contributed by atoms with Gasteiger partial charge in [-0.25, -0.2) is 0 Å². The first-order valence-electron chi connectivity index (χ1n) is 6.35. The van der Waals surface area contributed by atoms with Crippen molar-refractivity contribution in [2.75, 3.05) is 54.1 Å². The third kappa shape index (κ3) is 12.4. The second-order valence-corrected chi connectivity index (χ2v) is 3.93. The Morgan fingerprint density at radius 3 is 2.68 bits per heavy atom. The number of rotatable bonds is 10. The van der Waals surface area contributed by atoms with E-state index in [0.29, 0.717) is 19.8 Å². The Morgan fingerprint density at radius 2 is 2.11 bits per heavy atom. The summed E-state index contributed by atoms with van der Waals surface area (Å²) in [5.41, 5.74) is 0. The summed E-state index contributed by atoms with van der Waals surface area (Å²) in [6.07, 6.45) is 4.06. The summed E-state index contributed by atoms with van der Waals surface area (Å²) in [7, 11) is 5.49. The molecule has 0 heterocycles. The zero-order valence-corrected chi connectivity index (χ0v) is 14.7. The van der Waals surface area contributed by atoms with E-state index in [1.807, 2.05) is 13.1 Å². The zero-order chi connectivity index (χ0) is 13.6. The van der Waals surface area contributed by atoms with E-state index in [9.17, 15) is 0 Å². The number of nitrogens with one attached hydrogen (secondary N) is 1. The predicted octanol–water partition coefficient (Wildman–Crippen LogP) is 1.74. The van der Waals surface area contributed by atoms with Crippen molar-refractivity contribution in [3.8, 4) is 0 Å². The van der Waals surface area contributed by atoms with Gasteiger partial charge in [0.1, 0.15) is 0 Å². The summed E-state index contributed by atoms with van der Waals surface area (Å²) in [5.74, 6) is 0.898. The normalized spacial score (nSPS) is 10.8. The van der Waals surface area contributed by atoms with E-state index in [2.05, 4.69) is 21.8 Å². The van der Waals surface area contributed by atoms with Gasteiger partial charge in [0.15, 0.2) is 5.96 Å². The Balaban J connectivity index is 0. The molecule has 0 unspecified atom stereocenters. The fourth-order valence-corrected chi connectivity index (χ4v) is 1.44. The average Bonchev–Trinajstić information content (AvgIpc) is 2.38. The van der Waals surface area contributed by atoms with Crippen LogP contribution in [0.15, 0.2) is 17.6 Å². The number of ether oxygens (including phenoxy) is 2. The highest BCUT2D eigenvalue weighted by atomic mass is 127. The molecular formula is C13H28IN3O2. The van der Waals surface area contributed by atoms with Gasteiger partial charge in [-0.1, -0.05) is 6.08 Å². The van der Waals surface area contributed by atoms with Crippen molar-refractivity contribution in [3.63, 3.8) is 0 Å². The summed E-state index contributed by atoms with van der Waals surface area (Å²) in [6.45, 7) is 7.36. The Hall–Kier alpha value is -0.340. The van der Waals surface area contributed by atoms with E-state index in [1.54, 1.807) is 14.2 Å². The molecule has 0 atom stereocenters. The average molecular weight is 385 g/mol. The van der Waals surface area contributed by atoms with Gasteiger partial charge in [-0.05, 0) is 12.8 Å². The Labute approximate surface area is 134 Å². The Bertz CT molecular complexity index is 238. The molecule has 0 radical (unpaired) electrons. The molecular weight excluding hydrogens is 357 g/mol. The number of aliphatic imine (C=N–C) groups is 1. The molecule has 6 heteroatoms. The first kappa shape index (κ1) is 21.0. The van der Waals surface area contributed by atoms with Crippen LogP contribution in [0.1, 0.15) is 12.8 Å². The molecule has 19 heavy (non-hydrogen) atoms. The maximum Gasteiger partial charge on any atom is 0.193 e. The lowest BCUT2D eigenvalue weighted by atomic mass is 10.3. The summed E-state index contributed by atoms with van der Waals surface area (Å²) in [6, 6.07) is 0. The smallest absolute Gasteiger partial charge is 0.193 e. The minimum Gasteiger partial charge on any atom is -0.382 e. The SMILES string of the molecule is C=CCCCN(C)C(=NC)NCCOCCOC.I. The Morgan fingerprint density at radius 1 is 1.37 bits per heavy atom. The zero-order valence-electron chi connectivity index (χ0n) is 12.4. The topological polar surface area (TPSA) is 46.1 Å². The number of hydrogen-bond acceptors (Lipinski definition) is 3. The minimum absolute atomic E-state index is 0. The molecule has 0 aliphatic carbocycles. The van der Waals surface area contributed by atoms with Gasteiger partial charge in [0.25, 0.3) is 0 Å². The molecule has 0 aromatic heterocycles. The van der Waals surface area contributed by atoms with Crippen molar-refractivity contribution in [2.45, 2.75) is 12.8 Å². The van der Waals surface area contributed by atoms with E-state index < -0.39 is 0 Å². The van der Waals surface area contributed by atoms with Gasteiger partial charge >= 0.3 is 0 Å². The molecule has 1 N–H and O–H groups in total. The quantitative estimate of drug-likeness (QED) is 0.205. The second-order valence-electron chi connectivity index (χ2n) is 3.93. The highest BCUT2D eigenvalue weighted by Crippen LogP contribution is 1.94. The fraction of sp³-hybridized carbons (Fsp3) is 0.769. The van der Waals surface area contributed by atoms with Gasteiger partial charge in [0.05, 0.1) is 19.8 Å². The molecule has 0 aromatic carbocycles. The van der Waals surface area contributed by atoms with Crippen LogP contribution < -0.4 is 5.32 Å². The van der Waals surface area contributed by atoms with Gasteiger partial charge in [-0.15, -0.1) is 30.6 Å². The van der Waals surface area contributed by atoms with E-state index in [4.69, 9.17) is 9.47 Å². The van der Waals surface area contributed by atoms with Crippen LogP contribution in [0.4, 0.5) is 0 Å². The van der Waals surface area contributed by atoms with Crippen LogP contribution in [0.3, 0.4) is 0 Å². The molecule has 0 saturated carbocycles. The molecule has 0 aliphatic rings. The van der Waals surface area contributed by atoms with Gasteiger partial charge < -0.3 is 19.7 Å². The fourth-order valence-electron chi connectivity index (χ4n) is 1.44. The van der Waals surface area contributed by atoms with Crippen LogP contribution in [0.25, 0.3) is 0 Å². The van der Waals surface area contributed by atoms with Crippen LogP contribution >= 0.6 is 24.0 Å². The molecule has 0 saturated heterocycles. The number of allylic oxidation sites excluding steroid dienone is 1.